The van der Waals surface area contributed by atoms with Crippen LogP contribution >= 0.6 is 27.3 Å². The van der Waals surface area contributed by atoms with Gasteiger partial charge in [0.15, 0.2) is 0 Å². The molecule has 1 heterocycles. The zero-order valence-electron chi connectivity index (χ0n) is 8.99. The molecule has 0 unspecified atom stereocenters. The zero-order chi connectivity index (χ0) is 12.0. The first kappa shape index (κ1) is 14.1. The number of hydrogen-bond acceptors (Lipinski definition) is 4. The van der Waals surface area contributed by atoms with Gasteiger partial charge in [-0.05, 0) is 40.3 Å². The second-order valence-electron chi connectivity index (χ2n) is 3.20. The Labute approximate surface area is 109 Å². The van der Waals surface area contributed by atoms with E-state index in [0.29, 0.717) is 21.8 Å². The van der Waals surface area contributed by atoms with Gasteiger partial charge in [0.2, 0.25) is 0 Å². The second-order valence-corrected chi connectivity index (χ2v) is 6.94. The van der Waals surface area contributed by atoms with Gasteiger partial charge < -0.3 is 5.32 Å². The van der Waals surface area contributed by atoms with Crippen molar-refractivity contribution in [1.82, 2.24) is 10.0 Å². The van der Waals surface area contributed by atoms with E-state index in [9.17, 15) is 8.42 Å². The van der Waals surface area contributed by atoms with Crippen molar-refractivity contribution >= 4 is 37.3 Å². The number of sulfonamides is 1. The zero-order valence-corrected chi connectivity index (χ0v) is 12.2. The molecule has 4 nitrogen and oxygen atoms in total. The summed E-state index contributed by atoms with van der Waals surface area (Å²) in [6.45, 7) is 4.03. The molecule has 0 bridgehead atoms. The lowest BCUT2D eigenvalue weighted by atomic mass is 10.5. The maximum Gasteiger partial charge on any atom is 0.251 e. The average Bonchev–Trinajstić information content (AvgIpc) is 2.65. The van der Waals surface area contributed by atoms with Crippen LogP contribution in [-0.4, -0.2) is 28.1 Å². The Morgan fingerprint density at radius 1 is 1.38 bits per heavy atom. The van der Waals surface area contributed by atoms with Crippen LogP contribution in [0.15, 0.2) is 20.1 Å². The van der Waals surface area contributed by atoms with Gasteiger partial charge in [-0.2, -0.15) is 0 Å². The Morgan fingerprint density at radius 3 is 2.69 bits per heavy atom. The van der Waals surface area contributed by atoms with Crippen molar-refractivity contribution in [2.24, 2.45) is 0 Å². The molecule has 7 heteroatoms. The van der Waals surface area contributed by atoms with E-state index in [4.69, 9.17) is 0 Å². The minimum Gasteiger partial charge on any atom is -0.315 e. The van der Waals surface area contributed by atoms with Crippen LogP contribution in [0.4, 0.5) is 0 Å². The van der Waals surface area contributed by atoms with Crippen molar-refractivity contribution in [3.8, 4) is 0 Å². The van der Waals surface area contributed by atoms with Gasteiger partial charge >= 0.3 is 0 Å². The van der Waals surface area contributed by atoms with Crippen LogP contribution in [0.5, 0.6) is 0 Å². The molecule has 0 aromatic carbocycles. The quantitative estimate of drug-likeness (QED) is 0.751. The van der Waals surface area contributed by atoms with Gasteiger partial charge in [-0.3, -0.25) is 0 Å². The minimum absolute atomic E-state index is 0.336. The van der Waals surface area contributed by atoms with Crippen molar-refractivity contribution in [2.45, 2.75) is 17.6 Å². The lowest BCUT2D eigenvalue weighted by molar-refractivity contribution is 0.577. The average molecular weight is 327 g/mol. The van der Waals surface area contributed by atoms with E-state index in [1.807, 2.05) is 0 Å². The first-order valence-corrected chi connectivity index (χ1v) is 8.17. The lowest BCUT2D eigenvalue weighted by Gasteiger charge is -2.06. The Balaban J connectivity index is 2.45. The number of hydrogen-bond donors (Lipinski definition) is 2. The van der Waals surface area contributed by atoms with Crippen molar-refractivity contribution < 1.29 is 8.42 Å². The van der Waals surface area contributed by atoms with E-state index >= 15 is 0 Å². The summed E-state index contributed by atoms with van der Waals surface area (Å²) in [6, 6.07) is 1.73. The summed E-state index contributed by atoms with van der Waals surface area (Å²) in [5.41, 5.74) is 0. The van der Waals surface area contributed by atoms with Gasteiger partial charge in [0.1, 0.15) is 4.21 Å². The molecule has 2 N–H and O–H groups in total. The normalized spacial score (nSPS) is 11.9. The molecule has 0 amide bonds. The summed E-state index contributed by atoms with van der Waals surface area (Å²) in [5, 5.41) is 4.88. The topological polar surface area (TPSA) is 58.2 Å². The van der Waals surface area contributed by atoms with Crippen LogP contribution in [0.2, 0.25) is 0 Å². The number of halogens is 1. The molecule has 0 saturated carbocycles. The molecule has 0 aliphatic rings. The van der Waals surface area contributed by atoms with Gasteiger partial charge in [0.25, 0.3) is 10.0 Å². The van der Waals surface area contributed by atoms with Gasteiger partial charge in [-0.25, -0.2) is 13.1 Å². The van der Waals surface area contributed by atoms with Gasteiger partial charge in [0, 0.05) is 17.6 Å². The van der Waals surface area contributed by atoms with E-state index in [1.165, 1.54) is 11.3 Å². The monoisotopic (exact) mass is 326 g/mol. The summed E-state index contributed by atoms with van der Waals surface area (Å²) >= 11 is 4.42. The van der Waals surface area contributed by atoms with Crippen LogP contribution in [0, 0.1) is 0 Å². The summed E-state index contributed by atoms with van der Waals surface area (Å²) in [6.07, 6.45) is 1.04. The van der Waals surface area contributed by atoms with Crippen molar-refractivity contribution in [3.63, 3.8) is 0 Å². The van der Waals surface area contributed by atoms with E-state index in [-0.39, 0.29) is 0 Å². The molecule has 1 rings (SSSR count). The van der Waals surface area contributed by atoms with E-state index in [2.05, 4.69) is 32.9 Å². The highest BCUT2D eigenvalue weighted by atomic mass is 79.9. The fourth-order valence-electron chi connectivity index (χ4n) is 1.11. The molecule has 0 spiro atoms. The van der Waals surface area contributed by atoms with E-state index in [0.717, 1.165) is 13.0 Å². The molecule has 0 saturated heterocycles. The predicted octanol–water partition coefficient (Wildman–Crippen LogP) is 1.79. The molecule has 1 aromatic rings. The predicted molar refractivity (Wildman–Crippen MR) is 70.4 cm³/mol. The Hall–Kier alpha value is 0.0500. The minimum atomic E-state index is -3.35. The van der Waals surface area contributed by atoms with E-state index < -0.39 is 10.0 Å². The molecule has 0 radical (unpaired) electrons. The Bertz CT molecular complexity index is 417. The maximum atomic E-state index is 11.8. The van der Waals surface area contributed by atoms with Crippen LogP contribution in [-0.2, 0) is 10.0 Å². The van der Waals surface area contributed by atoms with E-state index in [1.54, 1.807) is 11.4 Å². The summed E-state index contributed by atoms with van der Waals surface area (Å²) in [7, 11) is -3.35. The number of nitrogens with one attached hydrogen (secondary N) is 2. The highest BCUT2D eigenvalue weighted by Gasteiger charge is 2.17. The molecule has 1 aromatic heterocycles. The second kappa shape index (κ2) is 6.70. The highest BCUT2D eigenvalue weighted by molar-refractivity contribution is 9.10. The van der Waals surface area contributed by atoms with Crippen LogP contribution in [0.1, 0.15) is 13.3 Å². The third kappa shape index (κ3) is 4.14. The van der Waals surface area contributed by atoms with Gasteiger partial charge in [-0.1, -0.05) is 6.92 Å². The molecular weight excluding hydrogens is 312 g/mol. The first-order chi connectivity index (χ1) is 7.58. The fraction of sp³-hybridized carbons (Fsp3) is 0.556. The van der Waals surface area contributed by atoms with Crippen LogP contribution in [0.3, 0.4) is 0 Å². The molecule has 16 heavy (non-hydrogen) atoms. The van der Waals surface area contributed by atoms with Gasteiger partial charge in [0.05, 0.1) is 0 Å². The molecule has 92 valence electrons. The third-order valence-corrected chi connectivity index (χ3v) is 5.98. The van der Waals surface area contributed by atoms with Crippen LogP contribution < -0.4 is 10.0 Å². The Kier molecular flexibility index (Phi) is 5.91. The van der Waals surface area contributed by atoms with Crippen molar-refractivity contribution in [1.29, 1.82) is 0 Å². The Morgan fingerprint density at radius 2 is 2.12 bits per heavy atom. The largest absolute Gasteiger partial charge is 0.315 e. The molecular formula is C9H15BrN2O2S2. The summed E-state index contributed by atoms with van der Waals surface area (Å²) in [5.74, 6) is 0. The molecule has 0 fully saturated rings. The maximum absolute atomic E-state index is 11.8. The fourth-order valence-corrected chi connectivity index (χ4v) is 4.52. The smallest absolute Gasteiger partial charge is 0.251 e. The molecule has 0 aliphatic carbocycles. The third-order valence-electron chi connectivity index (χ3n) is 1.85. The summed E-state index contributed by atoms with van der Waals surface area (Å²) in [4.78, 5) is 0. The van der Waals surface area contributed by atoms with Crippen LogP contribution in [0.25, 0.3) is 0 Å². The molecule has 0 aliphatic heterocycles. The van der Waals surface area contributed by atoms with Crippen molar-refractivity contribution in [3.05, 3.63) is 15.9 Å². The number of rotatable bonds is 7. The highest BCUT2D eigenvalue weighted by Crippen LogP contribution is 2.26. The molecule has 0 atom stereocenters. The van der Waals surface area contributed by atoms with Crippen molar-refractivity contribution in [2.75, 3.05) is 19.6 Å². The summed E-state index contributed by atoms with van der Waals surface area (Å²) < 4.78 is 27.1. The number of thiophene rings is 1. The van der Waals surface area contributed by atoms with Gasteiger partial charge in [-0.15, -0.1) is 11.3 Å². The first-order valence-electron chi connectivity index (χ1n) is 5.01. The SMILES string of the molecule is CCCNCCNS(=O)(=O)c1sccc1Br. The standard InChI is InChI=1S/C9H15BrN2O2S2/c1-2-4-11-5-6-12-16(13,14)9-8(10)3-7-15-9/h3,7,11-12H,2,4-6H2,1H3. The lowest BCUT2D eigenvalue weighted by Crippen LogP contribution is -2.31.